The zero-order valence-corrected chi connectivity index (χ0v) is 17.8. The van der Waals surface area contributed by atoms with Crippen LogP contribution in [0.15, 0.2) is 36.4 Å². The second-order valence-electron chi connectivity index (χ2n) is 7.74. The first-order valence-corrected chi connectivity index (χ1v) is 11.2. The maximum atomic E-state index is 12.8. The molecule has 0 aliphatic carbocycles. The van der Waals surface area contributed by atoms with Gasteiger partial charge in [0.1, 0.15) is 10.7 Å². The van der Waals surface area contributed by atoms with Gasteiger partial charge in [-0.15, -0.1) is 21.5 Å². The van der Waals surface area contributed by atoms with Crippen LogP contribution in [-0.2, 0) is 26.1 Å². The number of carbonyl (C=O) groups is 1. The number of fused-ring (bicyclic) bond motifs is 2. The lowest BCUT2D eigenvalue weighted by atomic mass is 10.2. The van der Waals surface area contributed by atoms with Crippen molar-refractivity contribution in [3.05, 3.63) is 64.2 Å². The summed E-state index contributed by atoms with van der Waals surface area (Å²) in [6.45, 7) is 4.02. The maximum absolute atomic E-state index is 12.8. The third-order valence-corrected chi connectivity index (χ3v) is 6.75. The zero-order valence-electron chi connectivity index (χ0n) is 17.0. The Morgan fingerprint density at radius 2 is 2.03 bits per heavy atom. The third-order valence-electron chi connectivity index (χ3n) is 5.60. The molecule has 0 bridgehead atoms. The smallest absolute Gasteiger partial charge is 0.261 e. The van der Waals surface area contributed by atoms with Gasteiger partial charge in [-0.25, -0.2) is 0 Å². The van der Waals surface area contributed by atoms with Crippen LogP contribution in [0, 0.1) is 6.92 Å². The number of aromatic nitrogens is 5. The Bertz CT molecular complexity index is 1190. The van der Waals surface area contributed by atoms with Gasteiger partial charge in [0.15, 0.2) is 5.82 Å². The molecule has 1 N–H and O–H groups in total. The van der Waals surface area contributed by atoms with Crippen LogP contribution in [0.2, 0.25) is 0 Å². The Morgan fingerprint density at radius 3 is 2.90 bits per heavy atom. The molecule has 30 heavy (non-hydrogen) atoms. The van der Waals surface area contributed by atoms with Crippen molar-refractivity contribution in [2.24, 2.45) is 0 Å². The minimum absolute atomic E-state index is 0.0761. The van der Waals surface area contributed by atoms with Crippen molar-refractivity contribution in [2.75, 3.05) is 0 Å². The zero-order chi connectivity index (χ0) is 20.5. The van der Waals surface area contributed by atoms with E-state index in [4.69, 9.17) is 0 Å². The molecule has 154 valence electrons. The Hall–Kier alpha value is -3.00. The first kappa shape index (κ1) is 19.0. The summed E-state index contributed by atoms with van der Waals surface area (Å²) in [5.74, 6) is 1.80. The summed E-state index contributed by atoms with van der Waals surface area (Å²) < 4.78 is 4.15. The predicted molar refractivity (Wildman–Crippen MR) is 117 cm³/mol. The van der Waals surface area contributed by atoms with E-state index in [0.717, 1.165) is 53.4 Å². The van der Waals surface area contributed by atoms with Crippen LogP contribution in [0.5, 0.6) is 0 Å². The van der Waals surface area contributed by atoms with Crippen molar-refractivity contribution < 1.29 is 4.79 Å². The second-order valence-corrected chi connectivity index (χ2v) is 8.77. The number of amides is 1. The molecule has 0 atom stereocenters. The number of hydrogen-bond acceptors (Lipinski definition) is 5. The summed E-state index contributed by atoms with van der Waals surface area (Å²) in [7, 11) is 0. The SMILES string of the molecule is Cc1nn(Cc2ccccc2)c2sc(C(=O)NCc3nnc4n3CCCCC4)cc12. The highest BCUT2D eigenvalue weighted by Gasteiger charge is 2.18. The van der Waals surface area contributed by atoms with E-state index in [1.165, 1.54) is 23.3 Å². The number of hydrogen-bond donors (Lipinski definition) is 1. The monoisotopic (exact) mass is 420 g/mol. The Morgan fingerprint density at radius 1 is 1.17 bits per heavy atom. The van der Waals surface area contributed by atoms with Gasteiger partial charge in [-0.1, -0.05) is 36.8 Å². The lowest BCUT2D eigenvalue weighted by Crippen LogP contribution is -2.24. The Balaban J connectivity index is 1.33. The van der Waals surface area contributed by atoms with E-state index in [9.17, 15) is 4.79 Å². The predicted octanol–water partition coefficient (Wildman–Crippen LogP) is 3.70. The molecule has 0 radical (unpaired) electrons. The number of thiophene rings is 1. The Kier molecular flexibility index (Phi) is 5.08. The summed E-state index contributed by atoms with van der Waals surface area (Å²) >= 11 is 1.49. The van der Waals surface area contributed by atoms with Gasteiger partial charge in [-0.2, -0.15) is 5.10 Å². The summed E-state index contributed by atoms with van der Waals surface area (Å²) in [4.78, 5) is 14.6. The van der Waals surface area contributed by atoms with Crippen molar-refractivity contribution >= 4 is 27.5 Å². The molecule has 5 rings (SSSR count). The molecule has 1 amide bonds. The highest BCUT2D eigenvalue weighted by Crippen LogP contribution is 2.29. The number of nitrogens with zero attached hydrogens (tertiary/aromatic N) is 5. The molecule has 0 unspecified atom stereocenters. The first-order valence-electron chi connectivity index (χ1n) is 10.4. The van der Waals surface area contributed by atoms with Crippen LogP contribution in [0.25, 0.3) is 10.2 Å². The van der Waals surface area contributed by atoms with Crippen molar-refractivity contribution in [3.8, 4) is 0 Å². The first-order chi connectivity index (χ1) is 14.7. The molecule has 8 heteroatoms. The van der Waals surface area contributed by atoms with Gasteiger partial charge in [0.05, 0.1) is 23.7 Å². The third kappa shape index (κ3) is 3.63. The summed E-state index contributed by atoms with van der Waals surface area (Å²) in [6, 6.07) is 12.2. The van der Waals surface area contributed by atoms with Gasteiger partial charge in [0, 0.05) is 18.4 Å². The molecule has 7 nitrogen and oxygen atoms in total. The van der Waals surface area contributed by atoms with E-state index in [-0.39, 0.29) is 5.91 Å². The van der Waals surface area contributed by atoms with E-state index < -0.39 is 0 Å². The van der Waals surface area contributed by atoms with E-state index in [2.05, 4.69) is 37.3 Å². The number of carbonyl (C=O) groups excluding carboxylic acids is 1. The van der Waals surface area contributed by atoms with Gasteiger partial charge in [-0.05, 0) is 31.4 Å². The van der Waals surface area contributed by atoms with Gasteiger partial charge < -0.3 is 9.88 Å². The molecule has 1 aliphatic heterocycles. The van der Waals surface area contributed by atoms with Crippen LogP contribution in [-0.4, -0.2) is 30.5 Å². The number of aryl methyl sites for hydroxylation is 2. The topological polar surface area (TPSA) is 77.6 Å². The van der Waals surface area contributed by atoms with Crippen molar-refractivity contribution in [3.63, 3.8) is 0 Å². The minimum atomic E-state index is -0.0761. The van der Waals surface area contributed by atoms with E-state index in [1.54, 1.807) is 0 Å². The van der Waals surface area contributed by atoms with Crippen molar-refractivity contribution in [2.45, 2.75) is 52.2 Å². The second kappa shape index (κ2) is 8.02. The van der Waals surface area contributed by atoms with Gasteiger partial charge >= 0.3 is 0 Å². The molecule has 4 heterocycles. The van der Waals surface area contributed by atoms with E-state index in [1.807, 2.05) is 35.9 Å². The molecular weight excluding hydrogens is 396 g/mol. The lowest BCUT2D eigenvalue weighted by molar-refractivity contribution is 0.0953. The molecule has 0 fully saturated rings. The molecule has 4 aromatic rings. The van der Waals surface area contributed by atoms with Gasteiger partial charge in [0.2, 0.25) is 0 Å². The largest absolute Gasteiger partial charge is 0.344 e. The molecule has 1 aromatic carbocycles. The van der Waals surface area contributed by atoms with Crippen molar-refractivity contribution in [1.29, 1.82) is 0 Å². The van der Waals surface area contributed by atoms with Crippen LogP contribution in [0.3, 0.4) is 0 Å². The molecule has 0 spiro atoms. The highest BCUT2D eigenvalue weighted by molar-refractivity contribution is 7.20. The standard InChI is InChI=1S/C22H24N6OS/c1-15-17-12-18(30-22(17)28(26-15)14-16-8-4-2-5-9-16)21(29)23-13-20-25-24-19-10-6-3-7-11-27(19)20/h2,4-5,8-9,12H,3,6-7,10-11,13-14H2,1H3,(H,23,29). The number of rotatable bonds is 5. The molecular formula is C22H24N6OS. The van der Waals surface area contributed by atoms with Gasteiger partial charge in [-0.3, -0.25) is 9.48 Å². The molecule has 1 aliphatic rings. The summed E-state index contributed by atoms with van der Waals surface area (Å²) in [6.07, 6.45) is 4.48. The van der Waals surface area contributed by atoms with E-state index >= 15 is 0 Å². The summed E-state index contributed by atoms with van der Waals surface area (Å²) in [5.41, 5.74) is 2.13. The van der Waals surface area contributed by atoms with Crippen LogP contribution in [0.4, 0.5) is 0 Å². The fraction of sp³-hybridized carbons (Fsp3) is 0.364. The average molecular weight is 421 g/mol. The summed E-state index contributed by atoms with van der Waals surface area (Å²) in [5, 5.41) is 17.3. The molecule has 3 aromatic heterocycles. The van der Waals surface area contributed by atoms with E-state index in [0.29, 0.717) is 18.0 Å². The average Bonchev–Trinajstić information content (AvgIpc) is 3.38. The fourth-order valence-corrected chi connectivity index (χ4v) is 5.09. The van der Waals surface area contributed by atoms with Crippen LogP contribution in [0.1, 0.15) is 51.8 Å². The fourth-order valence-electron chi connectivity index (χ4n) is 4.01. The van der Waals surface area contributed by atoms with Crippen LogP contribution >= 0.6 is 11.3 Å². The molecule has 0 saturated carbocycles. The Labute approximate surface area is 178 Å². The molecule has 0 saturated heterocycles. The van der Waals surface area contributed by atoms with Gasteiger partial charge in [0.25, 0.3) is 5.91 Å². The normalized spacial score (nSPS) is 13.9. The highest BCUT2D eigenvalue weighted by atomic mass is 32.1. The minimum Gasteiger partial charge on any atom is -0.344 e. The number of nitrogens with one attached hydrogen (secondary N) is 1. The maximum Gasteiger partial charge on any atom is 0.261 e. The number of benzene rings is 1. The quantitative estimate of drug-likeness (QED) is 0.534. The lowest BCUT2D eigenvalue weighted by Gasteiger charge is -2.07. The van der Waals surface area contributed by atoms with Crippen LogP contribution < -0.4 is 5.32 Å². The van der Waals surface area contributed by atoms with Crippen molar-refractivity contribution in [1.82, 2.24) is 29.9 Å².